The topological polar surface area (TPSA) is 84.7 Å². The summed E-state index contributed by atoms with van der Waals surface area (Å²) >= 11 is 18.1. The zero-order valence-electron chi connectivity index (χ0n) is 18.0. The molecule has 0 saturated heterocycles. The van der Waals surface area contributed by atoms with E-state index in [1.165, 1.54) is 24.3 Å². The first-order valence-electron chi connectivity index (χ1n) is 10.1. The van der Waals surface area contributed by atoms with Crippen molar-refractivity contribution >= 4 is 52.4 Å². The normalized spacial score (nSPS) is 11.6. The van der Waals surface area contributed by atoms with Crippen LogP contribution in [0.1, 0.15) is 5.56 Å². The Morgan fingerprint density at radius 3 is 2.22 bits per heavy atom. The fraction of sp³-hybridized carbons (Fsp3) is 0.0870. The van der Waals surface area contributed by atoms with Crippen molar-refractivity contribution in [3.05, 3.63) is 87.4 Å². The predicted molar refractivity (Wildman–Crippen MR) is 131 cm³/mol. The molecule has 0 aliphatic heterocycles. The van der Waals surface area contributed by atoms with Gasteiger partial charge in [0.1, 0.15) is 5.75 Å². The van der Waals surface area contributed by atoms with Gasteiger partial charge >= 0.3 is 6.36 Å². The van der Waals surface area contributed by atoms with Gasteiger partial charge in [0, 0.05) is 16.3 Å². The Labute approximate surface area is 218 Å². The fourth-order valence-electron chi connectivity index (χ4n) is 2.87. The highest BCUT2D eigenvalue weighted by molar-refractivity contribution is 6.42. The summed E-state index contributed by atoms with van der Waals surface area (Å²) < 4.78 is 40.8. The number of benzene rings is 3. The summed E-state index contributed by atoms with van der Waals surface area (Å²) in [6, 6.07) is 17.1. The smallest absolute Gasteiger partial charge is 0.406 e. The molecular formula is C23H14Cl3F3N6O. The summed E-state index contributed by atoms with van der Waals surface area (Å²) in [5, 5.41) is 12.4. The van der Waals surface area contributed by atoms with Crippen LogP contribution in [-0.4, -0.2) is 21.3 Å². The van der Waals surface area contributed by atoms with Gasteiger partial charge in [0.05, 0.1) is 16.6 Å². The molecule has 3 aromatic carbocycles. The minimum Gasteiger partial charge on any atom is -0.406 e. The summed E-state index contributed by atoms with van der Waals surface area (Å²) in [6.07, 6.45) is -4.76. The Morgan fingerprint density at radius 1 is 0.833 bits per heavy atom. The molecule has 0 atom stereocenters. The molecule has 0 spiro atoms. The molecule has 0 aliphatic rings. The molecule has 4 rings (SSSR count). The summed E-state index contributed by atoms with van der Waals surface area (Å²) in [5.74, 6) is 0.128. The number of nitrogens with zero attached hydrogens (tertiary/aromatic N) is 5. The second-order valence-electron chi connectivity index (χ2n) is 7.13. The average molecular weight is 554 g/mol. The van der Waals surface area contributed by atoms with E-state index in [2.05, 4.69) is 35.2 Å². The van der Waals surface area contributed by atoms with Crippen molar-refractivity contribution in [3.8, 4) is 17.1 Å². The highest BCUT2D eigenvalue weighted by Crippen LogP contribution is 2.29. The third kappa shape index (κ3) is 7.27. The molecule has 13 heteroatoms. The van der Waals surface area contributed by atoms with Gasteiger partial charge in [-0.15, -0.1) is 18.3 Å². The van der Waals surface area contributed by atoms with E-state index >= 15 is 0 Å². The predicted octanol–water partition coefficient (Wildman–Crippen LogP) is 8.42. The van der Waals surface area contributed by atoms with Gasteiger partial charge in [0.25, 0.3) is 5.95 Å². The minimum atomic E-state index is -4.76. The maximum absolute atomic E-state index is 12.3. The third-order valence-corrected chi connectivity index (χ3v) is 5.46. The summed E-state index contributed by atoms with van der Waals surface area (Å²) in [5.41, 5.74) is 1.85. The molecule has 4 aromatic rings. The van der Waals surface area contributed by atoms with Crippen LogP contribution in [0.5, 0.6) is 5.75 Å². The molecule has 184 valence electrons. The lowest BCUT2D eigenvalue weighted by Gasteiger charge is -2.09. The number of azo groups is 1. The Hall–Kier alpha value is -3.47. The third-order valence-electron chi connectivity index (χ3n) is 4.47. The number of nitrogens with one attached hydrogen (secondary N) is 1. The van der Waals surface area contributed by atoms with E-state index in [-0.39, 0.29) is 30.0 Å². The van der Waals surface area contributed by atoms with Crippen LogP contribution in [-0.2, 0) is 6.54 Å². The molecule has 0 unspecified atom stereocenters. The molecule has 36 heavy (non-hydrogen) atoms. The van der Waals surface area contributed by atoms with E-state index in [1.54, 1.807) is 42.5 Å². The fourth-order valence-corrected chi connectivity index (χ4v) is 3.29. The molecule has 1 heterocycles. The van der Waals surface area contributed by atoms with Crippen LogP contribution in [0.2, 0.25) is 15.1 Å². The van der Waals surface area contributed by atoms with Crippen LogP contribution in [0.25, 0.3) is 11.4 Å². The van der Waals surface area contributed by atoms with Gasteiger partial charge in [-0.3, -0.25) is 0 Å². The second kappa shape index (κ2) is 11.1. The molecule has 0 fully saturated rings. The Bertz CT molecular complexity index is 1380. The van der Waals surface area contributed by atoms with Crippen molar-refractivity contribution in [3.63, 3.8) is 0 Å². The van der Waals surface area contributed by atoms with Crippen LogP contribution in [0, 0.1) is 0 Å². The Morgan fingerprint density at radius 2 is 1.56 bits per heavy atom. The zero-order valence-corrected chi connectivity index (χ0v) is 20.2. The first kappa shape index (κ1) is 25.6. The lowest BCUT2D eigenvalue weighted by molar-refractivity contribution is -0.274. The lowest BCUT2D eigenvalue weighted by Crippen LogP contribution is -2.16. The second-order valence-corrected chi connectivity index (χ2v) is 8.39. The molecule has 0 radical (unpaired) electrons. The number of aromatic nitrogens is 3. The van der Waals surface area contributed by atoms with Gasteiger partial charge in [-0.05, 0) is 60.2 Å². The summed E-state index contributed by atoms with van der Waals surface area (Å²) in [6.45, 7) is 0.0695. The molecule has 1 N–H and O–H groups in total. The summed E-state index contributed by atoms with van der Waals surface area (Å²) in [7, 11) is 0. The molecule has 0 amide bonds. The number of anilines is 2. The molecule has 0 saturated carbocycles. The van der Waals surface area contributed by atoms with Gasteiger partial charge in [-0.1, -0.05) is 46.9 Å². The van der Waals surface area contributed by atoms with Gasteiger partial charge in [-0.2, -0.15) is 20.1 Å². The standard InChI is InChI=1S/C23H14Cl3F3N6O/c24-15-4-6-16(7-5-15)31-21-32-20(14-3-10-18(25)19(26)11-14)33-22(34-21)35-30-12-13-1-8-17(9-2-13)36-23(27,28)29/h1-11H,12H2,(H,31,32,33,34). The monoisotopic (exact) mass is 552 g/mol. The van der Waals surface area contributed by atoms with Crippen molar-refractivity contribution in [1.82, 2.24) is 15.0 Å². The van der Waals surface area contributed by atoms with E-state index in [4.69, 9.17) is 34.8 Å². The van der Waals surface area contributed by atoms with Crippen molar-refractivity contribution < 1.29 is 17.9 Å². The maximum atomic E-state index is 12.3. The van der Waals surface area contributed by atoms with Crippen LogP contribution in [0.3, 0.4) is 0 Å². The first-order valence-corrected chi connectivity index (χ1v) is 11.2. The van der Waals surface area contributed by atoms with Gasteiger partial charge in [0.15, 0.2) is 5.82 Å². The van der Waals surface area contributed by atoms with Crippen LogP contribution in [0.15, 0.2) is 77.0 Å². The number of halogens is 6. The van der Waals surface area contributed by atoms with Crippen LogP contribution >= 0.6 is 34.8 Å². The number of alkyl halides is 3. The number of hydrogen-bond donors (Lipinski definition) is 1. The number of hydrogen-bond acceptors (Lipinski definition) is 7. The Kier molecular flexibility index (Phi) is 7.88. The first-order chi connectivity index (χ1) is 17.1. The molecule has 0 aliphatic carbocycles. The van der Waals surface area contributed by atoms with E-state index in [0.29, 0.717) is 31.9 Å². The van der Waals surface area contributed by atoms with Crippen molar-refractivity contribution in [2.24, 2.45) is 10.2 Å². The molecule has 0 bridgehead atoms. The van der Waals surface area contributed by atoms with Gasteiger partial charge in [-0.25, -0.2) is 0 Å². The van der Waals surface area contributed by atoms with E-state index in [9.17, 15) is 13.2 Å². The highest BCUT2D eigenvalue weighted by Gasteiger charge is 2.30. The molecule has 1 aromatic heterocycles. The van der Waals surface area contributed by atoms with Crippen molar-refractivity contribution in [2.45, 2.75) is 12.9 Å². The van der Waals surface area contributed by atoms with Gasteiger partial charge in [0.2, 0.25) is 5.95 Å². The zero-order chi connectivity index (χ0) is 25.7. The average Bonchev–Trinajstić information content (AvgIpc) is 2.82. The minimum absolute atomic E-state index is 0.000407. The summed E-state index contributed by atoms with van der Waals surface area (Å²) in [4.78, 5) is 13.0. The van der Waals surface area contributed by atoms with Gasteiger partial charge < -0.3 is 10.1 Å². The van der Waals surface area contributed by atoms with Crippen LogP contribution in [0.4, 0.5) is 30.8 Å². The lowest BCUT2D eigenvalue weighted by atomic mass is 10.2. The highest BCUT2D eigenvalue weighted by atomic mass is 35.5. The maximum Gasteiger partial charge on any atom is 0.573 e. The van der Waals surface area contributed by atoms with Crippen molar-refractivity contribution in [1.29, 1.82) is 0 Å². The quantitative estimate of drug-likeness (QED) is 0.232. The van der Waals surface area contributed by atoms with E-state index in [0.717, 1.165) is 0 Å². The largest absolute Gasteiger partial charge is 0.573 e. The van der Waals surface area contributed by atoms with Crippen LogP contribution < -0.4 is 10.1 Å². The molecular weight excluding hydrogens is 540 g/mol. The molecule has 7 nitrogen and oxygen atoms in total. The number of rotatable bonds is 7. The van der Waals surface area contributed by atoms with Crippen molar-refractivity contribution in [2.75, 3.05) is 5.32 Å². The number of ether oxygens (including phenoxy) is 1. The SMILES string of the molecule is FC(F)(F)Oc1ccc(CN=Nc2nc(Nc3ccc(Cl)cc3)nc(-c3ccc(Cl)c(Cl)c3)n2)cc1. The van der Waals surface area contributed by atoms with E-state index < -0.39 is 6.36 Å². The van der Waals surface area contributed by atoms with E-state index in [1.807, 2.05) is 0 Å². The Balaban J connectivity index is 1.58.